The summed E-state index contributed by atoms with van der Waals surface area (Å²) in [6, 6.07) is 0. The quantitative estimate of drug-likeness (QED) is 0.800. The van der Waals surface area contributed by atoms with Gasteiger partial charge in [-0.25, -0.2) is 8.42 Å². The van der Waals surface area contributed by atoms with Crippen LogP contribution in [0.2, 0.25) is 0 Å². The molecular weight excluding hydrogens is 274 g/mol. The lowest BCUT2D eigenvalue weighted by atomic mass is 9.88. The highest BCUT2D eigenvalue weighted by atomic mass is 35.7. The smallest absolute Gasteiger partial charge is 0.296 e. The molecule has 0 aliphatic heterocycles. The average molecular weight is 292 g/mol. The van der Waals surface area contributed by atoms with Crippen LogP contribution in [-0.2, 0) is 15.6 Å². The molecule has 1 aliphatic rings. The molecule has 1 aromatic rings. The Morgan fingerprint density at radius 3 is 2.50 bits per heavy atom. The van der Waals surface area contributed by atoms with Crippen LogP contribution in [0.5, 0.6) is 0 Å². The van der Waals surface area contributed by atoms with E-state index in [2.05, 4.69) is 10.2 Å². The molecule has 0 amide bonds. The predicted octanol–water partition coefficient (Wildman–Crippen LogP) is 2.66. The first-order valence-corrected chi connectivity index (χ1v) is 8.72. The zero-order valence-corrected chi connectivity index (χ0v) is 12.0. The fourth-order valence-corrected chi connectivity index (χ4v) is 3.51. The Balaban J connectivity index is 2.38. The van der Waals surface area contributed by atoms with Crippen molar-refractivity contribution in [3.8, 4) is 0 Å². The molecule has 1 aromatic heterocycles. The van der Waals surface area contributed by atoms with Crippen molar-refractivity contribution in [1.82, 2.24) is 14.8 Å². The van der Waals surface area contributed by atoms with Crippen LogP contribution in [0.3, 0.4) is 0 Å². The second-order valence-electron chi connectivity index (χ2n) is 4.77. The van der Waals surface area contributed by atoms with E-state index in [-0.39, 0.29) is 5.16 Å². The summed E-state index contributed by atoms with van der Waals surface area (Å²) in [4.78, 5) is 0. The topological polar surface area (TPSA) is 64.8 Å². The first kappa shape index (κ1) is 13.8. The summed E-state index contributed by atoms with van der Waals surface area (Å²) in [7, 11) is 1.59. The van der Waals surface area contributed by atoms with Gasteiger partial charge in [-0.2, -0.15) is 0 Å². The molecule has 0 bridgehead atoms. The molecule has 0 aromatic carbocycles. The average Bonchev–Trinajstić information content (AvgIpc) is 2.74. The molecule has 0 spiro atoms. The van der Waals surface area contributed by atoms with Crippen LogP contribution in [0.15, 0.2) is 5.16 Å². The van der Waals surface area contributed by atoms with E-state index >= 15 is 0 Å². The molecule has 1 fully saturated rings. The van der Waals surface area contributed by atoms with Gasteiger partial charge in [0.25, 0.3) is 14.2 Å². The molecule has 18 heavy (non-hydrogen) atoms. The molecule has 0 radical (unpaired) electrons. The number of hydrogen-bond acceptors (Lipinski definition) is 4. The van der Waals surface area contributed by atoms with E-state index < -0.39 is 9.05 Å². The van der Waals surface area contributed by atoms with Crippen molar-refractivity contribution in [3.05, 3.63) is 5.82 Å². The summed E-state index contributed by atoms with van der Waals surface area (Å²) >= 11 is 0. The van der Waals surface area contributed by atoms with E-state index in [0.717, 1.165) is 25.1 Å². The van der Waals surface area contributed by atoms with Gasteiger partial charge in [0.15, 0.2) is 0 Å². The molecule has 5 nitrogen and oxygen atoms in total. The van der Waals surface area contributed by atoms with Gasteiger partial charge in [-0.3, -0.25) is 0 Å². The van der Waals surface area contributed by atoms with Gasteiger partial charge in [-0.05, 0) is 19.3 Å². The number of halogens is 1. The molecule has 0 unspecified atom stereocenters. The molecule has 0 atom stereocenters. The van der Waals surface area contributed by atoms with Gasteiger partial charge in [0.1, 0.15) is 5.82 Å². The summed E-state index contributed by atoms with van der Waals surface area (Å²) < 4.78 is 24.6. The van der Waals surface area contributed by atoms with Crippen LogP contribution >= 0.6 is 10.7 Å². The third kappa shape index (κ3) is 2.85. The van der Waals surface area contributed by atoms with E-state index in [9.17, 15) is 8.42 Å². The van der Waals surface area contributed by atoms with Crippen molar-refractivity contribution >= 4 is 19.7 Å². The van der Waals surface area contributed by atoms with Gasteiger partial charge < -0.3 is 4.57 Å². The maximum atomic E-state index is 11.5. The van der Waals surface area contributed by atoms with Gasteiger partial charge >= 0.3 is 0 Å². The second-order valence-corrected chi connectivity index (χ2v) is 7.22. The summed E-state index contributed by atoms with van der Waals surface area (Å²) in [6.45, 7) is 2.59. The largest absolute Gasteiger partial charge is 0.301 e. The molecule has 1 aliphatic carbocycles. The molecular formula is C11H18ClN3O2S. The minimum atomic E-state index is -3.81. The monoisotopic (exact) mass is 291 g/mol. The Morgan fingerprint density at radius 2 is 1.94 bits per heavy atom. The van der Waals surface area contributed by atoms with Crippen molar-refractivity contribution in [2.75, 3.05) is 0 Å². The van der Waals surface area contributed by atoms with Gasteiger partial charge in [-0.1, -0.05) is 26.2 Å². The third-order valence-electron chi connectivity index (χ3n) is 3.38. The minimum absolute atomic E-state index is 0.105. The van der Waals surface area contributed by atoms with Gasteiger partial charge in [0.2, 0.25) is 0 Å². The molecule has 7 heteroatoms. The Hall–Kier alpha value is -0.620. The summed E-state index contributed by atoms with van der Waals surface area (Å²) in [5.41, 5.74) is 0. The Kier molecular flexibility index (Phi) is 4.27. The lowest BCUT2D eigenvalue weighted by Gasteiger charge is -2.21. The highest BCUT2D eigenvalue weighted by Crippen LogP contribution is 2.32. The van der Waals surface area contributed by atoms with Crippen molar-refractivity contribution < 1.29 is 8.42 Å². The number of rotatable bonds is 4. The molecule has 0 saturated heterocycles. The second kappa shape index (κ2) is 5.57. The summed E-state index contributed by atoms with van der Waals surface area (Å²) in [5, 5.41) is 7.74. The number of aromatic nitrogens is 3. The summed E-state index contributed by atoms with van der Waals surface area (Å²) in [6.07, 6.45) is 6.55. The van der Waals surface area contributed by atoms with Crippen LogP contribution in [0, 0.1) is 0 Å². The van der Waals surface area contributed by atoms with Crippen LogP contribution < -0.4 is 0 Å². The highest BCUT2D eigenvalue weighted by Gasteiger charge is 2.27. The zero-order chi connectivity index (χ0) is 13.2. The fourth-order valence-electron chi connectivity index (χ4n) is 2.58. The van der Waals surface area contributed by atoms with E-state index in [4.69, 9.17) is 10.7 Å². The van der Waals surface area contributed by atoms with Gasteiger partial charge in [0.05, 0.1) is 0 Å². The Bertz CT molecular complexity index is 506. The van der Waals surface area contributed by atoms with E-state index in [1.165, 1.54) is 19.3 Å². The molecule has 102 valence electrons. The fraction of sp³-hybridized carbons (Fsp3) is 0.818. The Morgan fingerprint density at radius 1 is 1.28 bits per heavy atom. The van der Waals surface area contributed by atoms with Gasteiger partial charge in [-0.15, -0.1) is 10.2 Å². The lowest BCUT2D eigenvalue weighted by Crippen LogP contribution is -2.14. The molecule has 0 N–H and O–H groups in total. The summed E-state index contributed by atoms with van der Waals surface area (Å²) in [5.74, 6) is 1.11. The standard InChI is InChI=1S/C11H18ClN3O2S/c1-2-8-15-10(9-6-4-3-5-7-9)13-14-11(15)18(12,16)17/h9H,2-8H2,1H3. The number of hydrogen-bond donors (Lipinski definition) is 0. The first-order valence-electron chi connectivity index (χ1n) is 6.41. The SMILES string of the molecule is CCCn1c(C2CCCCC2)nnc1S(=O)(=O)Cl. The van der Waals surface area contributed by atoms with Crippen molar-refractivity contribution in [3.63, 3.8) is 0 Å². The van der Waals surface area contributed by atoms with Crippen LogP contribution in [-0.4, -0.2) is 23.2 Å². The van der Waals surface area contributed by atoms with Crippen LogP contribution in [0.1, 0.15) is 57.2 Å². The molecule has 2 rings (SSSR count). The Labute approximate surface area is 112 Å². The molecule has 1 saturated carbocycles. The van der Waals surface area contributed by atoms with Crippen molar-refractivity contribution in [2.45, 2.75) is 63.1 Å². The van der Waals surface area contributed by atoms with E-state index in [0.29, 0.717) is 12.5 Å². The number of nitrogens with zero attached hydrogens (tertiary/aromatic N) is 3. The van der Waals surface area contributed by atoms with Crippen molar-refractivity contribution in [2.24, 2.45) is 0 Å². The third-order valence-corrected chi connectivity index (χ3v) is 4.53. The van der Waals surface area contributed by atoms with Crippen LogP contribution in [0.4, 0.5) is 0 Å². The highest BCUT2D eigenvalue weighted by molar-refractivity contribution is 8.13. The van der Waals surface area contributed by atoms with Crippen molar-refractivity contribution in [1.29, 1.82) is 0 Å². The maximum Gasteiger partial charge on any atom is 0.296 e. The van der Waals surface area contributed by atoms with E-state index in [1.807, 2.05) is 6.92 Å². The molecule has 1 heterocycles. The predicted molar refractivity (Wildman–Crippen MR) is 69.2 cm³/mol. The van der Waals surface area contributed by atoms with Crippen LogP contribution in [0.25, 0.3) is 0 Å². The zero-order valence-electron chi connectivity index (χ0n) is 10.5. The minimum Gasteiger partial charge on any atom is -0.301 e. The lowest BCUT2D eigenvalue weighted by molar-refractivity contribution is 0.409. The maximum absolute atomic E-state index is 11.5. The van der Waals surface area contributed by atoms with Gasteiger partial charge in [0, 0.05) is 23.1 Å². The normalized spacial score (nSPS) is 18.1. The van der Waals surface area contributed by atoms with E-state index in [1.54, 1.807) is 4.57 Å². The first-order chi connectivity index (χ1) is 8.54.